The molecule has 0 spiro atoms. The van der Waals surface area contributed by atoms with E-state index in [2.05, 4.69) is 28.0 Å². The van der Waals surface area contributed by atoms with Crippen LogP contribution in [0.1, 0.15) is 40.9 Å². The van der Waals surface area contributed by atoms with E-state index in [-0.39, 0.29) is 29.4 Å². The molecule has 1 aliphatic rings. The average Bonchev–Trinajstić information content (AvgIpc) is 3.36. The summed E-state index contributed by atoms with van der Waals surface area (Å²) >= 11 is 0. The van der Waals surface area contributed by atoms with Crippen molar-refractivity contribution in [2.75, 3.05) is 5.32 Å². The van der Waals surface area contributed by atoms with Gasteiger partial charge in [0.05, 0.1) is 12.0 Å². The number of furan rings is 1. The molecule has 2 aromatic carbocycles. The highest BCUT2D eigenvalue weighted by Gasteiger charge is 2.43. The van der Waals surface area contributed by atoms with Gasteiger partial charge in [0.25, 0.3) is 5.91 Å². The van der Waals surface area contributed by atoms with Gasteiger partial charge in [0.1, 0.15) is 0 Å². The Morgan fingerprint density at radius 1 is 1.03 bits per heavy atom. The number of rotatable bonds is 6. The van der Waals surface area contributed by atoms with Gasteiger partial charge in [-0.15, -0.1) is 0 Å². The molecule has 3 aromatic rings. The first-order valence-corrected chi connectivity index (χ1v) is 9.46. The van der Waals surface area contributed by atoms with Gasteiger partial charge >= 0.3 is 0 Å². The van der Waals surface area contributed by atoms with Crippen LogP contribution < -0.4 is 10.7 Å². The van der Waals surface area contributed by atoms with Crippen LogP contribution in [0.4, 0.5) is 5.69 Å². The van der Waals surface area contributed by atoms with E-state index in [1.54, 1.807) is 24.3 Å². The van der Waals surface area contributed by atoms with E-state index in [9.17, 15) is 9.59 Å². The molecule has 2 unspecified atom stereocenters. The number of hydrazone groups is 1. The van der Waals surface area contributed by atoms with Crippen molar-refractivity contribution in [2.24, 2.45) is 11.0 Å². The van der Waals surface area contributed by atoms with Crippen LogP contribution in [0, 0.1) is 5.92 Å². The summed E-state index contributed by atoms with van der Waals surface area (Å²) < 4.78 is 5.10. The number of nitrogens with zero attached hydrogens (tertiary/aromatic N) is 1. The van der Waals surface area contributed by atoms with Crippen LogP contribution in [0.15, 0.2) is 82.5 Å². The van der Waals surface area contributed by atoms with Crippen LogP contribution in [0.2, 0.25) is 0 Å². The molecule has 146 valence electrons. The Kier molecular flexibility index (Phi) is 5.24. The molecule has 1 aromatic heterocycles. The van der Waals surface area contributed by atoms with Gasteiger partial charge in [0, 0.05) is 11.6 Å². The van der Waals surface area contributed by atoms with Crippen molar-refractivity contribution >= 4 is 23.2 Å². The van der Waals surface area contributed by atoms with Crippen molar-refractivity contribution in [2.45, 2.75) is 19.3 Å². The number of nitrogens with one attached hydrogen (secondary N) is 2. The van der Waals surface area contributed by atoms with Crippen LogP contribution in [-0.2, 0) is 4.79 Å². The Balaban J connectivity index is 1.37. The van der Waals surface area contributed by atoms with Gasteiger partial charge in [-0.3, -0.25) is 9.59 Å². The van der Waals surface area contributed by atoms with Crippen LogP contribution in [0.25, 0.3) is 0 Å². The van der Waals surface area contributed by atoms with Gasteiger partial charge in [-0.25, -0.2) is 5.43 Å². The number of hydrogen-bond donors (Lipinski definition) is 2. The van der Waals surface area contributed by atoms with Crippen molar-refractivity contribution in [1.82, 2.24) is 5.43 Å². The van der Waals surface area contributed by atoms with E-state index in [0.717, 1.165) is 12.0 Å². The third kappa shape index (κ3) is 4.43. The molecule has 2 N–H and O–H groups in total. The summed E-state index contributed by atoms with van der Waals surface area (Å²) in [5, 5.41) is 7.02. The molecule has 2 atom stereocenters. The molecular weight excluding hydrogens is 366 g/mol. The monoisotopic (exact) mass is 387 g/mol. The van der Waals surface area contributed by atoms with Crippen molar-refractivity contribution in [3.05, 3.63) is 89.9 Å². The zero-order valence-corrected chi connectivity index (χ0v) is 16.0. The Hall–Kier alpha value is -3.67. The highest BCUT2D eigenvalue weighted by Crippen LogP contribution is 2.47. The lowest BCUT2D eigenvalue weighted by Gasteiger charge is -2.07. The lowest BCUT2D eigenvalue weighted by molar-refractivity contribution is -0.122. The fraction of sp³-hybridized carbons (Fsp3) is 0.174. The molecule has 1 fully saturated rings. The van der Waals surface area contributed by atoms with Gasteiger partial charge in [-0.05, 0) is 54.7 Å². The fourth-order valence-electron chi connectivity index (χ4n) is 3.26. The molecule has 4 rings (SSSR count). The number of benzene rings is 2. The predicted octanol–water partition coefficient (Wildman–Crippen LogP) is 4.18. The first kappa shape index (κ1) is 18.7. The minimum Gasteiger partial charge on any atom is -0.459 e. The molecule has 0 aliphatic heterocycles. The first-order valence-electron chi connectivity index (χ1n) is 9.46. The van der Waals surface area contributed by atoms with Gasteiger partial charge < -0.3 is 9.73 Å². The lowest BCUT2D eigenvalue weighted by Crippen LogP contribution is -2.21. The molecule has 0 radical (unpaired) electrons. The summed E-state index contributed by atoms with van der Waals surface area (Å²) in [5.74, 6) is 0.0846. The normalized spacial score (nSPS) is 18.2. The highest BCUT2D eigenvalue weighted by molar-refractivity contribution is 6.04. The second-order valence-corrected chi connectivity index (χ2v) is 7.04. The Labute approximate surface area is 168 Å². The second kappa shape index (κ2) is 8.14. The topological polar surface area (TPSA) is 83.7 Å². The molecular formula is C23H21N3O3. The van der Waals surface area contributed by atoms with E-state index in [4.69, 9.17) is 4.42 Å². The number of amides is 2. The van der Waals surface area contributed by atoms with E-state index in [0.29, 0.717) is 11.4 Å². The molecule has 29 heavy (non-hydrogen) atoms. The smallest absolute Gasteiger partial charge is 0.291 e. The molecule has 6 nitrogen and oxygen atoms in total. The predicted molar refractivity (Wildman–Crippen MR) is 111 cm³/mol. The van der Waals surface area contributed by atoms with E-state index < -0.39 is 0 Å². The Morgan fingerprint density at radius 2 is 1.86 bits per heavy atom. The zero-order chi connectivity index (χ0) is 20.2. The highest BCUT2D eigenvalue weighted by atomic mass is 16.3. The summed E-state index contributed by atoms with van der Waals surface area (Å²) in [5.41, 5.74) is 5.94. The second-order valence-electron chi connectivity index (χ2n) is 7.04. The van der Waals surface area contributed by atoms with E-state index in [1.807, 2.05) is 37.3 Å². The third-order valence-corrected chi connectivity index (χ3v) is 4.97. The maximum Gasteiger partial charge on any atom is 0.291 e. The van der Waals surface area contributed by atoms with Gasteiger partial charge in [0.15, 0.2) is 5.76 Å². The maximum absolute atomic E-state index is 12.4. The summed E-state index contributed by atoms with van der Waals surface area (Å²) in [6, 6.07) is 20.6. The quantitative estimate of drug-likeness (QED) is 0.492. The standard InChI is InChI=1S/C23H21N3O3/c1-15(25-26-22(27)20-14-19(20)16-7-3-2-4-8-16)17-9-5-10-18(13-17)24-23(28)21-11-6-12-29-21/h2-13,19-20H,14H2,1H3,(H,24,28)(H,26,27). The van der Waals surface area contributed by atoms with Crippen molar-refractivity contribution < 1.29 is 14.0 Å². The van der Waals surface area contributed by atoms with Crippen molar-refractivity contribution in [1.29, 1.82) is 0 Å². The van der Waals surface area contributed by atoms with Gasteiger partial charge in [0.2, 0.25) is 5.91 Å². The van der Waals surface area contributed by atoms with Crippen molar-refractivity contribution in [3.63, 3.8) is 0 Å². The molecule has 6 heteroatoms. The molecule has 1 heterocycles. The number of carbonyl (C=O) groups is 2. The Morgan fingerprint density at radius 3 is 2.62 bits per heavy atom. The molecule has 2 amide bonds. The summed E-state index contributed by atoms with van der Waals surface area (Å²) in [4.78, 5) is 24.5. The average molecular weight is 387 g/mol. The van der Waals surface area contributed by atoms with Gasteiger partial charge in [-0.1, -0.05) is 42.5 Å². The third-order valence-electron chi connectivity index (χ3n) is 4.97. The Bertz CT molecular complexity index is 1040. The van der Waals surface area contributed by atoms with Crippen molar-refractivity contribution in [3.8, 4) is 0 Å². The van der Waals surface area contributed by atoms with Crippen LogP contribution in [0.3, 0.4) is 0 Å². The van der Waals surface area contributed by atoms with Gasteiger partial charge in [-0.2, -0.15) is 5.10 Å². The van der Waals surface area contributed by atoms with E-state index in [1.165, 1.54) is 11.8 Å². The maximum atomic E-state index is 12.4. The van der Waals surface area contributed by atoms with E-state index >= 15 is 0 Å². The van der Waals surface area contributed by atoms with Crippen LogP contribution >= 0.6 is 0 Å². The largest absolute Gasteiger partial charge is 0.459 e. The minimum absolute atomic E-state index is 0.0344. The number of hydrogen-bond acceptors (Lipinski definition) is 4. The molecule has 0 bridgehead atoms. The molecule has 1 saturated carbocycles. The van der Waals surface area contributed by atoms with Crippen LogP contribution in [0.5, 0.6) is 0 Å². The zero-order valence-electron chi connectivity index (χ0n) is 16.0. The number of carbonyl (C=O) groups excluding carboxylic acids is 2. The summed E-state index contributed by atoms with van der Waals surface area (Å²) in [6.45, 7) is 1.81. The minimum atomic E-state index is -0.323. The van der Waals surface area contributed by atoms with Crippen LogP contribution in [-0.4, -0.2) is 17.5 Å². The fourth-order valence-corrected chi connectivity index (χ4v) is 3.26. The molecule has 0 saturated heterocycles. The first-order chi connectivity index (χ1) is 14.1. The number of anilines is 1. The lowest BCUT2D eigenvalue weighted by atomic mass is 10.1. The SMILES string of the molecule is CC(=NNC(=O)C1CC1c1ccccc1)c1cccc(NC(=O)c2ccco2)c1. The summed E-state index contributed by atoms with van der Waals surface area (Å²) in [6.07, 6.45) is 2.30. The summed E-state index contributed by atoms with van der Waals surface area (Å²) in [7, 11) is 0. The molecule has 1 aliphatic carbocycles.